The van der Waals surface area contributed by atoms with Crippen LogP contribution in [-0.2, 0) is 11.3 Å². The molecule has 3 heterocycles. The highest BCUT2D eigenvalue weighted by atomic mass is 35.5. The Labute approximate surface area is 140 Å². The van der Waals surface area contributed by atoms with Gasteiger partial charge >= 0.3 is 5.97 Å². The maximum Gasteiger partial charge on any atom is 0.348 e. The second-order valence-corrected chi connectivity index (χ2v) is 6.20. The molecule has 0 saturated heterocycles. The lowest BCUT2D eigenvalue weighted by Gasteiger charge is -2.00. The van der Waals surface area contributed by atoms with Crippen LogP contribution in [0.25, 0.3) is 5.65 Å². The van der Waals surface area contributed by atoms with Crippen LogP contribution in [0.5, 0.6) is 0 Å². The van der Waals surface area contributed by atoms with Gasteiger partial charge in [-0.2, -0.15) is 0 Å². The maximum atomic E-state index is 12.1. The summed E-state index contributed by atoms with van der Waals surface area (Å²) in [6.45, 7) is 0.281. The van der Waals surface area contributed by atoms with Crippen molar-refractivity contribution < 1.29 is 14.3 Å². The van der Waals surface area contributed by atoms with E-state index in [4.69, 9.17) is 11.6 Å². The first-order chi connectivity index (χ1) is 11.1. The SMILES string of the molecule is COC(=O)c1ccc(C(=O)NCc2cn3cc(Cl)ccc3n2)s1. The number of rotatable bonds is 4. The van der Waals surface area contributed by atoms with Crippen LogP contribution in [0.15, 0.2) is 36.7 Å². The number of hydrogen-bond donors (Lipinski definition) is 1. The number of pyridine rings is 1. The minimum atomic E-state index is -0.453. The van der Waals surface area contributed by atoms with E-state index in [9.17, 15) is 9.59 Å². The van der Waals surface area contributed by atoms with Crippen LogP contribution in [0.4, 0.5) is 0 Å². The number of carbonyl (C=O) groups is 2. The monoisotopic (exact) mass is 349 g/mol. The molecule has 1 amide bonds. The number of aromatic nitrogens is 2. The normalized spacial score (nSPS) is 10.7. The summed E-state index contributed by atoms with van der Waals surface area (Å²) < 4.78 is 6.41. The molecule has 3 aromatic heterocycles. The molecule has 0 fully saturated rings. The van der Waals surface area contributed by atoms with Gasteiger partial charge in [0.2, 0.25) is 0 Å². The zero-order valence-electron chi connectivity index (χ0n) is 12.1. The van der Waals surface area contributed by atoms with E-state index in [0.717, 1.165) is 17.0 Å². The lowest BCUT2D eigenvalue weighted by molar-refractivity contribution is 0.0606. The lowest BCUT2D eigenvalue weighted by Crippen LogP contribution is -2.21. The zero-order valence-corrected chi connectivity index (χ0v) is 13.6. The summed E-state index contributed by atoms with van der Waals surface area (Å²) in [6, 6.07) is 6.72. The smallest absolute Gasteiger partial charge is 0.348 e. The van der Waals surface area contributed by atoms with Gasteiger partial charge in [-0.25, -0.2) is 9.78 Å². The Morgan fingerprint density at radius 3 is 2.83 bits per heavy atom. The van der Waals surface area contributed by atoms with E-state index in [1.165, 1.54) is 7.11 Å². The van der Waals surface area contributed by atoms with Crippen molar-refractivity contribution in [3.05, 3.63) is 57.1 Å². The summed E-state index contributed by atoms with van der Waals surface area (Å²) in [6.07, 6.45) is 3.55. The fourth-order valence-corrected chi connectivity index (χ4v) is 3.04. The number of ether oxygens (including phenoxy) is 1. The molecule has 118 valence electrons. The van der Waals surface area contributed by atoms with Crippen LogP contribution in [0.1, 0.15) is 25.0 Å². The first kappa shape index (κ1) is 15.5. The van der Waals surface area contributed by atoms with Crippen molar-refractivity contribution in [2.45, 2.75) is 6.54 Å². The topological polar surface area (TPSA) is 72.7 Å². The number of esters is 1. The average molecular weight is 350 g/mol. The van der Waals surface area contributed by atoms with Gasteiger partial charge in [-0.3, -0.25) is 4.79 Å². The van der Waals surface area contributed by atoms with Gasteiger partial charge in [-0.15, -0.1) is 11.3 Å². The average Bonchev–Trinajstić information content (AvgIpc) is 3.18. The third-order valence-corrected chi connectivity index (χ3v) is 4.40. The maximum absolute atomic E-state index is 12.1. The van der Waals surface area contributed by atoms with Crippen LogP contribution in [0.2, 0.25) is 5.02 Å². The minimum Gasteiger partial charge on any atom is -0.465 e. The zero-order chi connectivity index (χ0) is 16.4. The Morgan fingerprint density at radius 2 is 2.04 bits per heavy atom. The number of nitrogens with zero attached hydrogens (tertiary/aromatic N) is 2. The summed E-state index contributed by atoms with van der Waals surface area (Å²) >= 11 is 7.01. The van der Waals surface area contributed by atoms with E-state index in [0.29, 0.717) is 20.5 Å². The number of amides is 1. The predicted octanol–water partition coefficient (Wildman–Crippen LogP) is 2.77. The highest BCUT2D eigenvalue weighted by Gasteiger charge is 2.14. The van der Waals surface area contributed by atoms with Gasteiger partial charge in [0.15, 0.2) is 0 Å². The quantitative estimate of drug-likeness (QED) is 0.735. The van der Waals surface area contributed by atoms with Crippen molar-refractivity contribution in [1.82, 2.24) is 14.7 Å². The van der Waals surface area contributed by atoms with Crippen LogP contribution in [-0.4, -0.2) is 28.4 Å². The number of hydrogen-bond acceptors (Lipinski definition) is 5. The van der Waals surface area contributed by atoms with Crippen LogP contribution in [0.3, 0.4) is 0 Å². The second-order valence-electron chi connectivity index (χ2n) is 4.68. The summed E-state index contributed by atoms with van der Waals surface area (Å²) in [5.41, 5.74) is 1.47. The predicted molar refractivity (Wildman–Crippen MR) is 87.0 cm³/mol. The summed E-state index contributed by atoms with van der Waals surface area (Å²) in [5, 5.41) is 3.38. The number of carbonyl (C=O) groups excluding carboxylic acids is 2. The van der Waals surface area contributed by atoms with E-state index in [1.54, 1.807) is 41.1 Å². The van der Waals surface area contributed by atoms with E-state index >= 15 is 0 Å². The van der Waals surface area contributed by atoms with Gasteiger partial charge in [-0.05, 0) is 24.3 Å². The van der Waals surface area contributed by atoms with Crippen LogP contribution in [0, 0.1) is 0 Å². The van der Waals surface area contributed by atoms with Gasteiger partial charge in [0.05, 0.1) is 29.2 Å². The van der Waals surface area contributed by atoms with E-state index < -0.39 is 5.97 Å². The molecule has 0 radical (unpaired) electrons. The van der Waals surface area contributed by atoms with Gasteiger partial charge < -0.3 is 14.5 Å². The molecule has 23 heavy (non-hydrogen) atoms. The van der Waals surface area contributed by atoms with Gasteiger partial charge in [0, 0.05) is 12.4 Å². The molecule has 1 N–H and O–H groups in total. The van der Waals surface area contributed by atoms with Crippen molar-refractivity contribution in [3.63, 3.8) is 0 Å². The van der Waals surface area contributed by atoms with Gasteiger partial charge in [0.25, 0.3) is 5.91 Å². The molecule has 0 aliphatic carbocycles. The Hall–Kier alpha value is -2.38. The number of halogens is 1. The highest BCUT2D eigenvalue weighted by Crippen LogP contribution is 2.17. The second kappa shape index (κ2) is 6.39. The number of methoxy groups -OCH3 is 1. The van der Waals surface area contributed by atoms with Crippen molar-refractivity contribution in [3.8, 4) is 0 Å². The van der Waals surface area contributed by atoms with Crippen LogP contribution >= 0.6 is 22.9 Å². The first-order valence-corrected chi connectivity index (χ1v) is 7.86. The number of thiophene rings is 1. The van der Waals surface area contributed by atoms with E-state index in [2.05, 4.69) is 15.0 Å². The largest absolute Gasteiger partial charge is 0.465 e. The fraction of sp³-hybridized carbons (Fsp3) is 0.133. The lowest BCUT2D eigenvalue weighted by atomic mass is 10.4. The van der Waals surface area contributed by atoms with E-state index in [1.807, 2.05) is 0 Å². The van der Waals surface area contributed by atoms with Crippen molar-refractivity contribution >= 4 is 40.5 Å². The molecular weight excluding hydrogens is 338 g/mol. The highest BCUT2D eigenvalue weighted by molar-refractivity contribution is 7.15. The Bertz CT molecular complexity index is 887. The summed E-state index contributed by atoms with van der Waals surface area (Å²) in [7, 11) is 1.30. The molecular formula is C15H12ClN3O3S. The first-order valence-electron chi connectivity index (χ1n) is 6.66. The molecule has 0 bridgehead atoms. The molecule has 0 atom stereocenters. The molecule has 6 nitrogen and oxygen atoms in total. The Morgan fingerprint density at radius 1 is 1.26 bits per heavy atom. The molecule has 3 aromatic rings. The molecule has 8 heteroatoms. The molecule has 0 saturated carbocycles. The molecule has 0 aliphatic heterocycles. The van der Waals surface area contributed by atoms with Gasteiger partial charge in [-0.1, -0.05) is 11.6 Å². The number of imidazole rings is 1. The number of fused-ring (bicyclic) bond motifs is 1. The van der Waals surface area contributed by atoms with Crippen molar-refractivity contribution in [2.24, 2.45) is 0 Å². The summed E-state index contributed by atoms with van der Waals surface area (Å²) in [4.78, 5) is 28.7. The number of nitrogens with one attached hydrogen (secondary N) is 1. The van der Waals surface area contributed by atoms with Crippen LogP contribution < -0.4 is 5.32 Å². The Kier molecular flexibility index (Phi) is 4.31. The molecule has 0 aliphatic rings. The minimum absolute atomic E-state index is 0.264. The Balaban J connectivity index is 1.68. The molecule has 0 spiro atoms. The molecule has 3 rings (SSSR count). The van der Waals surface area contributed by atoms with Crippen molar-refractivity contribution in [1.29, 1.82) is 0 Å². The summed E-state index contributed by atoms with van der Waals surface area (Å²) in [5.74, 6) is -0.716. The van der Waals surface area contributed by atoms with E-state index in [-0.39, 0.29) is 12.5 Å². The van der Waals surface area contributed by atoms with Crippen molar-refractivity contribution in [2.75, 3.05) is 7.11 Å². The molecule has 0 aromatic carbocycles. The molecule has 0 unspecified atom stereocenters. The standard InChI is InChI=1S/C15H12ClN3O3S/c1-22-15(21)12-4-3-11(23-12)14(20)17-6-10-8-19-7-9(16)2-5-13(19)18-10/h2-5,7-8H,6H2,1H3,(H,17,20). The van der Waals surface area contributed by atoms with Gasteiger partial charge in [0.1, 0.15) is 10.5 Å². The third-order valence-electron chi connectivity index (χ3n) is 3.11. The third kappa shape index (κ3) is 3.35. The fourth-order valence-electron chi connectivity index (χ4n) is 2.03.